The number of carbonyl (C=O) groups is 2. The molecule has 0 atom stereocenters. The molecule has 2 N–H and O–H groups in total. The van der Waals surface area contributed by atoms with Crippen LogP contribution < -0.4 is 15.0 Å². The van der Waals surface area contributed by atoms with Gasteiger partial charge in [0.05, 0.1) is 22.3 Å². The number of amides is 2. The number of halogens is 2. The Balaban J connectivity index is 1.26. The summed E-state index contributed by atoms with van der Waals surface area (Å²) < 4.78 is 11.3. The molecule has 2 aliphatic rings. The van der Waals surface area contributed by atoms with Gasteiger partial charge in [-0.3, -0.25) is 9.69 Å². The normalized spacial score (nSPS) is 15.8. The molecule has 0 radical (unpaired) electrons. The standard InChI is InChI=1S/C29H31Cl2N5O5/c1-29(2,3)41-28(39)35-11-9-17(10-12-35)20-8-7-19(13-18(20)15-37)33-27-32-14-21-25(34-27)40-16-36(26(21)38)24-22(30)5-4-6-23(24)31/h4-8,13-14,17,37H,9-12,15-16H2,1-3H3,(H,32,33,34). The first-order valence-electron chi connectivity index (χ1n) is 13.3. The maximum Gasteiger partial charge on any atom is 0.410 e. The van der Waals surface area contributed by atoms with Gasteiger partial charge in [0.15, 0.2) is 6.73 Å². The van der Waals surface area contributed by atoms with Gasteiger partial charge in [0.25, 0.3) is 5.91 Å². The molecule has 0 unspecified atom stereocenters. The predicted octanol–water partition coefficient (Wildman–Crippen LogP) is 6.13. The summed E-state index contributed by atoms with van der Waals surface area (Å²) >= 11 is 12.6. The number of anilines is 3. The van der Waals surface area contributed by atoms with Gasteiger partial charge >= 0.3 is 6.09 Å². The van der Waals surface area contributed by atoms with Gasteiger partial charge in [-0.15, -0.1) is 0 Å². The molecule has 3 heterocycles. The van der Waals surface area contributed by atoms with Crippen molar-refractivity contribution >= 4 is 52.5 Å². The molecule has 1 saturated heterocycles. The smallest absolute Gasteiger partial charge is 0.410 e. The number of nitrogens with zero attached hydrogens (tertiary/aromatic N) is 4. The van der Waals surface area contributed by atoms with Crippen molar-refractivity contribution in [3.63, 3.8) is 0 Å². The van der Waals surface area contributed by atoms with Crippen LogP contribution in [0.3, 0.4) is 0 Å². The second kappa shape index (κ2) is 11.7. The Morgan fingerprint density at radius 1 is 1.17 bits per heavy atom. The molecule has 12 heteroatoms. The fourth-order valence-corrected chi connectivity index (χ4v) is 5.57. The Labute approximate surface area is 248 Å². The molecular weight excluding hydrogens is 569 g/mol. The second-order valence-electron chi connectivity index (χ2n) is 10.9. The Kier molecular flexibility index (Phi) is 8.26. The minimum absolute atomic E-state index is 0.109. The van der Waals surface area contributed by atoms with E-state index in [1.807, 2.05) is 39.0 Å². The van der Waals surface area contributed by atoms with Crippen LogP contribution in [-0.2, 0) is 11.3 Å². The molecule has 0 spiro atoms. The molecule has 0 bridgehead atoms. The highest BCUT2D eigenvalue weighted by Crippen LogP contribution is 2.37. The summed E-state index contributed by atoms with van der Waals surface area (Å²) in [5.41, 5.74) is 2.51. The van der Waals surface area contributed by atoms with Crippen LogP contribution in [0.5, 0.6) is 5.88 Å². The van der Waals surface area contributed by atoms with Crippen LogP contribution in [0.15, 0.2) is 42.6 Å². The van der Waals surface area contributed by atoms with Crippen LogP contribution in [0.25, 0.3) is 0 Å². The van der Waals surface area contributed by atoms with Gasteiger partial charge in [0.1, 0.15) is 11.2 Å². The van der Waals surface area contributed by atoms with Gasteiger partial charge in [-0.1, -0.05) is 35.3 Å². The van der Waals surface area contributed by atoms with Crippen molar-refractivity contribution < 1.29 is 24.2 Å². The lowest BCUT2D eigenvalue weighted by molar-refractivity contribution is 0.0204. The molecule has 1 fully saturated rings. The zero-order valence-electron chi connectivity index (χ0n) is 23.0. The Hall–Kier alpha value is -3.60. The maximum atomic E-state index is 13.2. The topological polar surface area (TPSA) is 117 Å². The lowest BCUT2D eigenvalue weighted by Gasteiger charge is -2.34. The maximum absolute atomic E-state index is 13.2. The van der Waals surface area contributed by atoms with Crippen molar-refractivity contribution in [3.05, 3.63) is 69.3 Å². The number of benzene rings is 2. The molecule has 1 aromatic heterocycles. The van der Waals surface area contributed by atoms with E-state index >= 15 is 0 Å². The van der Waals surface area contributed by atoms with Gasteiger partial charge in [-0.2, -0.15) is 4.98 Å². The monoisotopic (exact) mass is 599 g/mol. The first-order valence-corrected chi connectivity index (χ1v) is 14.0. The molecule has 216 valence electrons. The molecule has 2 aliphatic heterocycles. The molecule has 2 amide bonds. The number of nitrogens with one attached hydrogen (secondary N) is 1. The Morgan fingerprint density at radius 2 is 1.88 bits per heavy atom. The van der Waals surface area contributed by atoms with E-state index in [0.29, 0.717) is 34.5 Å². The third-order valence-corrected chi connectivity index (χ3v) is 7.53. The quantitative estimate of drug-likeness (QED) is 0.359. The fraction of sp³-hybridized carbons (Fsp3) is 0.379. The second-order valence-corrected chi connectivity index (χ2v) is 11.7. The summed E-state index contributed by atoms with van der Waals surface area (Å²) in [5.74, 6) is 0.210. The number of likely N-dealkylation sites (tertiary alicyclic amines) is 1. The van der Waals surface area contributed by atoms with Crippen molar-refractivity contribution in [2.24, 2.45) is 0 Å². The van der Waals surface area contributed by atoms with Crippen molar-refractivity contribution in [1.29, 1.82) is 0 Å². The van der Waals surface area contributed by atoms with E-state index in [1.165, 1.54) is 11.1 Å². The number of aliphatic hydroxyl groups is 1. The first kappa shape index (κ1) is 28.9. The SMILES string of the molecule is CC(C)(C)OC(=O)N1CCC(c2ccc(Nc3ncc4c(n3)OCN(c3c(Cl)cccc3Cl)C4=O)cc2CO)CC1. The number of para-hydroxylation sites is 1. The molecular formula is C29H31Cl2N5O5. The summed E-state index contributed by atoms with van der Waals surface area (Å²) in [6, 6.07) is 10.7. The molecule has 0 saturated carbocycles. The summed E-state index contributed by atoms with van der Waals surface area (Å²) in [5, 5.41) is 13.9. The van der Waals surface area contributed by atoms with E-state index < -0.39 is 5.60 Å². The van der Waals surface area contributed by atoms with Crippen molar-refractivity contribution in [3.8, 4) is 5.88 Å². The van der Waals surface area contributed by atoms with E-state index in [1.54, 1.807) is 23.1 Å². The number of aromatic nitrogens is 2. The van der Waals surface area contributed by atoms with E-state index in [2.05, 4.69) is 15.3 Å². The predicted molar refractivity (Wildman–Crippen MR) is 156 cm³/mol. The van der Waals surface area contributed by atoms with Gasteiger partial charge in [-0.05, 0) is 74.9 Å². The van der Waals surface area contributed by atoms with Crippen molar-refractivity contribution in [2.75, 3.05) is 30.0 Å². The summed E-state index contributed by atoms with van der Waals surface area (Å²) in [7, 11) is 0. The van der Waals surface area contributed by atoms with Crippen LogP contribution in [0.4, 0.5) is 22.1 Å². The number of rotatable bonds is 5. The number of fused-ring (bicyclic) bond motifs is 1. The van der Waals surface area contributed by atoms with E-state index in [-0.39, 0.29) is 48.6 Å². The largest absolute Gasteiger partial charge is 0.455 e. The zero-order valence-corrected chi connectivity index (χ0v) is 24.5. The van der Waals surface area contributed by atoms with Gasteiger partial charge < -0.3 is 24.8 Å². The summed E-state index contributed by atoms with van der Waals surface area (Å²) in [4.78, 5) is 37.3. The Bertz CT molecular complexity index is 1450. The lowest BCUT2D eigenvalue weighted by Crippen LogP contribution is -2.41. The van der Waals surface area contributed by atoms with Crippen molar-refractivity contribution in [2.45, 2.75) is 51.7 Å². The number of hydrogen-bond donors (Lipinski definition) is 2. The molecule has 3 aromatic rings. The van der Waals surface area contributed by atoms with Crippen LogP contribution in [0.1, 0.15) is 61.0 Å². The minimum Gasteiger partial charge on any atom is -0.455 e. The molecule has 5 rings (SSSR count). The third kappa shape index (κ3) is 6.34. The van der Waals surface area contributed by atoms with E-state index in [9.17, 15) is 14.7 Å². The number of piperidine rings is 1. The van der Waals surface area contributed by atoms with Crippen molar-refractivity contribution in [1.82, 2.24) is 14.9 Å². The van der Waals surface area contributed by atoms with Crippen LogP contribution in [0, 0.1) is 0 Å². The van der Waals surface area contributed by atoms with Gasteiger partial charge in [0, 0.05) is 25.0 Å². The highest BCUT2D eigenvalue weighted by Gasteiger charge is 2.32. The number of carbonyl (C=O) groups excluding carboxylic acids is 2. The van der Waals surface area contributed by atoms with Gasteiger partial charge in [-0.25, -0.2) is 9.78 Å². The highest BCUT2D eigenvalue weighted by atomic mass is 35.5. The third-order valence-electron chi connectivity index (χ3n) is 6.92. The molecule has 0 aliphatic carbocycles. The van der Waals surface area contributed by atoms with Crippen LogP contribution in [0.2, 0.25) is 10.0 Å². The summed E-state index contributed by atoms with van der Waals surface area (Å²) in [6.07, 6.45) is 2.64. The van der Waals surface area contributed by atoms with E-state index in [0.717, 1.165) is 24.0 Å². The lowest BCUT2D eigenvalue weighted by atomic mass is 9.86. The Morgan fingerprint density at radius 3 is 2.54 bits per heavy atom. The molecule has 41 heavy (non-hydrogen) atoms. The zero-order chi connectivity index (χ0) is 29.3. The first-order chi connectivity index (χ1) is 19.5. The average Bonchev–Trinajstić information content (AvgIpc) is 2.93. The number of ether oxygens (including phenoxy) is 2. The molecule has 2 aromatic carbocycles. The molecule has 10 nitrogen and oxygen atoms in total. The average molecular weight is 601 g/mol. The summed E-state index contributed by atoms with van der Waals surface area (Å²) in [6.45, 7) is 6.50. The number of hydrogen-bond acceptors (Lipinski definition) is 8. The van der Waals surface area contributed by atoms with Crippen LogP contribution in [-0.4, -0.2) is 57.4 Å². The fourth-order valence-electron chi connectivity index (χ4n) is 4.97. The minimum atomic E-state index is -0.532. The number of aliphatic hydroxyl groups excluding tert-OH is 1. The van der Waals surface area contributed by atoms with E-state index in [4.69, 9.17) is 32.7 Å². The van der Waals surface area contributed by atoms with Gasteiger partial charge in [0.2, 0.25) is 11.8 Å². The highest BCUT2D eigenvalue weighted by molar-refractivity contribution is 6.40. The van der Waals surface area contributed by atoms with Crippen LogP contribution >= 0.6 is 23.2 Å².